The number of aromatic nitrogens is 2. The monoisotopic (exact) mass is 650 g/mol. The summed E-state index contributed by atoms with van der Waals surface area (Å²) in [4.78, 5) is 76.4. The summed E-state index contributed by atoms with van der Waals surface area (Å²) >= 11 is 0. The average Bonchev–Trinajstić information content (AvgIpc) is 3.06. The first kappa shape index (κ1) is 37.1. The second-order valence-corrected chi connectivity index (χ2v) is 9.64. The fourth-order valence-electron chi connectivity index (χ4n) is 3.79. The first-order valence-electron chi connectivity index (χ1n) is 14.0. The van der Waals surface area contributed by atoms with Crippen LogP contribution in [-0.4, -0.2) is 80.2 Å². The number of nitrogens with one attached hydrogen (secondary N) is 2. The van der Waals surface area contributed by atoms with E-state index in [9.17, 15) is 28.8 Å². The summed E-state index contributed by atoms with van der Waals surface area (Å²) in [7, 11) is 1.44. The maximum Gasteiger partial charge on any atom is 0.334 e. The van der Waals surface area contributed by atoms with E-state index < -0.39 is 47.8 Å². The lowest BCUT2D eigenvalue weighted by Crippen LogP contribution is -2.43. The summed E-state index contributed by atoms with van der Waals surface area (Å²) in [6, 6.07) is 8.80. The van der Waals surface area contributed by atoms with Crippen molar-refractivity contribution < 1.29 is 53.6 Å². The Morgan fingerprint density at radius 2 is 1.34 bits per heavy atom. The zero-order valence-electron chi connectivity index (χ0n) is 25.3. The molecule has 0 fully saturated rings. The smallest absolute Gasteiger partial charge is 0.334 e. The van der Waals surface area contributed by atoms with Gasteiger partial charge in [0.1, 0.15) is 12.1 Å². The third-order valence-corrected chi connectivity index (χ3v) is 6.15. The number of amides is 2. The van der Waals surface area contributed by atoms with Gasteiger partial charge in [-0.05, 0) is 61.2 Å². The number of allylic oxidation sites excluding steroid dienone is 1. The molecule has 0 spiro atoms. The molecule has 2 heterocycles. The van der Waals surface area contributed by atoms with Crippen molar-refractivity contribution in [3.63, 3.8) is 0 Å². The zero-order valence-corrected chi connectivity index (χ0v) is 25.3. The number of esters is 1. The highest BCUT2D eigenvalue weighted by Gasteiger charge is 2.26. The Hall–Kier alpha value is -6.12. The number of pyridine rings is 2. The second kappa shape index (κ2) is 19.3. The molecular weight excluding hydrogens is 616 g/mol. The van der Waals surface area contributed by atoms with Crippen LogP contribution >= 0.6 is 0 Å². The summed E-state index contributed by atoms with van der Waals surface area (Å²) in [5.41, 5.74) is 1.38. The van der Waals surface area contributed by atoms with Crippen LogP contribution in [0.4, 0.5) is 0 Å². The van der Waals surface area contributed by atoms with Crippen LogP contribution in [0.5, 0.6) is 11.5 Å². The molecule has 0 bridgehead atoms. The molecule has 3 aromatic rings. The highest BCUT2D eigenvalue weighted by Crippen LogP contribution is 2.29. The van der Waals surface area contributed by atoms with Gasteiger partial charge in [0, 0.05) is 37.6 Å². The van der Waals surface area contributed by atoms with Gasteiger partial charge < -0.3 is 35.4 Å². The molecule has 2 aromatic heterocycles. The molecule has 15 heteroatoms. The van der Waals surface area contributed by atoms with Crippen LogP contribution in [0.15, 0.2) is 79.9 Å². The van der Waals surface area contributed by atoms with E-state index >= 15 is 0 Å². The van der Waals surface area contributed by atoms with Crippen molar-refractivity contribution in [1.82, 2.24) is 20.6 Å². The molecule has 0 aliphatic carbocycles. The number of carboxylic acids is 3. The number of carboxylic acid groups (broad SMARTS) is 3. The summed E-state index contributed by atoms with van der Waals surface area (Å²) < 4.78 is 10.6. The molecule has 0 radical (unpaired) electrons. The fourth-order valence-corrected chi connectivity index (χ4v) is 3.79. The largest absolute Gasteiger partial charge is 0.493 e. The predicted octanol–water partition coefficient (Wildman–Crippen LogP) is 2.52. The maximum atomic E-state index is 12.7. The van der Waals surface area contributed by atoms with Gasteiger partial charge in [-0.2, -0.15) is 0 Å². The van der Waals surface area contributed by atoms with Gasteiger partial charge >= 0.3 is 23.9 Å². The lowest BCUT2D eigenvalue weighted by Gasteiger charge is -2.18. The number of carbonyl (C=O) groups is 6. The second-order valence-electron chi connectivity index (χ2n) is 9.64. The molecule has 2 amide bonds. The van der Waals surface area contributed by atoms with Crippen LogP contribution in [0.2, 0.25) is 0 Å². The van der Waals surface area contributed by atoms with Crippen molar-refractivity contribution in [2.75, 3.05) is 7.11 Å². The fraction of sp³-hybridized carbons (Fsp3) is 0.250. The summed E-state index contributed by atoms with van der Waals surface area (Å²) in [5.74, 6) is -4.91. The molecule has 1 aromatic carbocycles. The molecule has 0 saturated carbocycles. The summed E-state index contributed by atoms with van der Waals surface area (Å²) in [5, 5.41) is 31.0. The van der Waals surface area contributed by atoms with E-state index in [1.165, 1.54) is 44.0 Å². The Kier molecular flexibility index (Phi) is 15.2. The van der Waals surface area contributed by atoms with E-state index in [1.54, 1.807) is 36.4 Å². The number of hydrogen-bond donors (Lipinski definition) is 5. The maximum absolute atomic E-state index is 12.7. The normalized spacial score (nSPS) is 11.3. The number of nitrogens with zero attached hydrogens (tertiary/aromatic N) is 2. The Labute approximate surface area is 269 Å². The van der Waals surface area contributed by atoms with Gasteiger partial charge in [-0.15, -0.1) is 6.58 Å². The topological polar surface area (TPSA) is 231 Å². The summed E-state index contributed by atoms with van der Waals surface area (Å²) in [6.45, 7) is 3.67. The number of aliphatic carboxylic acids is 3. The number of methoxy groups -OCH3 is 1. The molecule has 5 N–H and O–H groups in total. The van der Waals surface area contributed by atoms with Crippen molar-refractivity contribution in [2.24, 2.45) is 0 Å². The molecule has 2 atom stereocenters. The van der Waals surface area contributed by atoms with Gasteiger partial charge in [-0.1, -0.05) is 12.1 Å². The molecule has 3 rings (SSSR count). The minimum absolute atomic E-state index is 0.128. The Balaban J connectivity index is 0.000000366. The van der Waals surface area contributed by atoms with Crippen LogP contribution in [-0.2, 0) is 25.6 Å². The van der Waals surface area contributed by atoms with Gasteiger partial charge in [-0.3, -0.25) is 29.1 Å². The minimum atomic E-state index is -1.27. The van der Waals surface area contributed by atoms with Crippen molar-refractivity contribution in [3.05, 3.63) is 96.6 Å². The van der Waals surface area contributed by atoms with Crippen molar-refractivity contribution >= 4 is 35.7 Å². The highest BCUT2D eigenvalue weighted by atomic mass is 16.6. The quantitative estimate of drug-likeness (QED) is 0.0853. The molecule has 0 aliphatic heterocycles. The van der Waals surface area contributed by atoms with E-state index in [2.05, 4.69) is 27.2 Å². The van der Waals surface area contributed by atoms with E-state index in [0.717, 1.165) is 5.56 Å². The third kappa shape index (κ3) is 13.2. The standard InChI is InChI=1S/C21H22N2O6.C11H12N2O5/c1-3-5-14-7-9-17(18(12-14)28-2)29-21(27)16(8-10-19(24)25)23-20(26)15-6-4-11-22-13-15;14-9(15)4-3-8(11(17)18)13-10(16)7-2-1-5-12-6-7/h3-4,6-7,9,11-13,16H,1,5,8,10H2,2H3,(H,23,26)(H,24,25);1-2,5-6,8H,3-4H2,(H,13,16)(H,14,15)(H,17,18). The van der Waals surface area contributed by atoms with Crippen molar-refractivity contribution in [3.8, 4) is 11.5 Å². The van der Waals surface area contributed by atoms with Crippen LogP contribution in [0.25, 0.3) is 0 Å². The highest BCUT2D eigenvalue weighted by molar-refractivity contribution is 5.97. The lowest BCUT2D eigenvalue weighted by atomic mass is 10.1. The first-order chi connectivity index (χ1) is 22.4. The molecule has 47 heavy (non-hydrogen) atoms. The molecule has 15 nitrogen and oxygen atoms in total. The number of benzene rings is 1. The van der Waals surface area contributed by atoms with E-state index in [4.69, 9.17) is 24.8 Å². The average molecular weight is 651 g/mol. The predicted molar refractivity (Wildman–Crippen MR) is 165 cm³/mol. The number of rotatable bonds is 16. The van der Waals surface area contributed by atoms with Crippen LogP contribution in [0, 0.1) is 0 Å². The Morgan fingerprint density at radius 3 is 1.79 bits per heavy atom. The molecule has 2 unspecified atom stereocenters. The number of hydrogen-bond acceptors (Lipinski definition) is 10. The van der Waals surface area contributed by atoms with E-state index in [1.807, 2.05) is 0 Å². The van der Waals surface area contributed by atoms with Gasteiger partial charge in [-0.25, -0.2) is 9.59 Å². The number of ether oxygens (including phenoxy) is 2. The Morgan fingerprint density at radius 1 is 0.809 bits per heavy atom. The van der Waals surface area contributed by atoms with Crippen LogP contribution < -0.4 is 20.1 Å². The summed E-state index contributed by atoms with van der Waals surface area (Å²) in [6.07, 6.45) is 7.04. The SMILES string of the molecule is C=CCc1ccc(OC(=O)C(CCC(=O)O)NC(=O)c2cccnc2)c(OC)c1.O=C(O)CCC(NC(=O)c1cccnc1)C(=O)O. The molecule has 0 saturated heterocycles. The Bertz CT molecular complexity index is 1550. The van der Waals surface area contributed by atoms with Gasteiger partial charge in [0.2, 0.25) is 0 Å². The minimum Gasteiger partial charge on any atom is -0.493 e. The molecule has 0 aliphatic rings. The van der Waals surface area contributed by atoms with Gasteiger partial charge in [0.05, 0.1) is 18.2 Å². The number of carbonyl (C=O) groups excluding carboxylic acids is 3. The molecule has 248 valence electrons. The van der Waals surface area contributed by atoms with Gasteiger partial charge in [0.25, 0.3) is 11.8 Å². The molecular formula is C32H34N4O11. The van der Waals surface area contributed by atoms with Gasteiger partial charge in [0.15, 0.2) is 11.5 Å². The zero-order chi connectivity index (χ0) is 34.8. The van der Waals surface area contributed by atoms with Crippen molar-refractivity contribution in [2.45, 2.75) is 44.2 Å². The van der Waals surface area contributed by atoms with Crippen LogP contribution in [0.1, 0.15) is 52.0 Å². The third-order valence-electron chi connectivity index (χ3n) is 6.15. The van der Waals surface area contributed by atoms with Crippen LogP contribution in [0.3, 0.4) is 0 Å². The van der Waals surface area contributed by atoms with Crippen molar-refractivity contribution in [1.29, 1.82) is 0 Å². The first-order valence-corrected chi connectivity index (χ1v) is 14.0. The lowest BCUT2D eigenvalue weighted by molar-refractivity contribution is -0.141. The van der Waals surface area contributed by atoms with E-state index in [-0.39, 0.29) is 42.6 Å². The van der Waals surface area contributed by atoms with E-state index in [0.29, 0.717) is 12.2 Å².